The second kappa shape index (κ2) is 15.9. The van der Waals surface area contributed by atoms with Crippen LogP contribution in [-0.2, 0) is 24.7 Å². The predicted molar refractivity (Wildman–Crippen MR) is 255 cm³/mol. The van der Waals surface area contributed by atoms with Crippen LogP contribution in [0.15, 0.2) is 204 Å². The Hall–Kier alpha value is -4.00. The van der Waals surface area contributed by atoms with Gasteiger partial charge in [0.25, 0.3) is 0 Å². The molecule has 0 spiro atoms. The summed E-state index contributed by atoms with van der Waals surface area (Å²) in [5, 5.41) is 0. The average Bonchev–Trinajstić information content (AvgIpc) is 3.86. The molecular formula is C60H59Cl2Zr. The summed E-state index contributed by atoms with van der Waals surface area (Å²) in [6.45, 7) is 21.3. The van der Waals surface area contributed by atoms with E-state index in [0.29, 0.717) is 3.63 Å². The van der Waals surface area contributed by atoms with E-state index in [1.54, 1.807) is 30.3 Å². The fraction of sp³-hybridized carbons (Fsp3) is 0.300. The summed E-state index contributed by atoms with van der Waals surface area (Å²) in [4.78, 5) is 0. The van der Waals surface area contributed by atoms with E-state index in [4.69, 9.17) is 0 Å². The quantitative estimate of drug-likeness (QED) is 0.187. The molecule has 0 saturated heterocycles. The second-order valence-corrected chi connectivity index (χ2v) is 21.7. The van der Waals surface area contributed by atoms with Gasteiger partial charge in [0, 0.05) is 0 Å². The number of hydrogen-bond donors (Lipinski definition) is 0. The van der Waals surface area contributed by atoms with Gasteiger partial charge in [-0.2, -0.15) is 0 Å². The molecule has 6 aliphatic carbocycles. The van der Waals surface area contributed by atoms with Gasteiger partial charge in [-0.15, -0.1) is 0 Å². The molecule has 10 rings (SSSR count). The molecule has 0 amide bonds. The van der Waals surface area contributed by atoms with Crippen LogP contribution in [0.5, 0.6) is 0 Å². The van der Waals surface area contributed by atoms with Crippen LogP contribution in [-0.4, -0.2) is 0 Å². The first kappa shape index (κ1) is 45.6. The van der Waals surface area contributed by atoms with Crippen LogP contribution in [0, 0.1) is 43.8 Å². The largest absolute Gasteiger partial charge is 1.00 e. The predicted octanol–water partition coefficient (Wildman–Crippen LogP) is 9.99. The van der Waals surface area contributed by atoms with Gasteiger partial charge in [0.2, 0.25) is 0 Å². The van der Waals surface area contributed by atoms with Gasteiger partial charge in [0.15, 0.2) is 0 Å². The van der Waals surface area contributed by atoms with Crippen LogP contribution < -0.4 is 24.8 Å². The van der Waals surface area contributed by atoms with Crippen molar-refractivity contribution in [3.05, 3.63) is 215 Å². The molecule has 4 aromatic rings. The van der Waals surface area contributed by atoms with Crippen LogP contribution >= 0.6 is 0 Å². The number of allylic oxidation sites excluding steroid dienone is 16. The maximum atomic E-state index is 2.76. The van der Waals surface area contributed by atoms with Gasteiger partial charge in [-0.1, -0.05) is 6.07 Å². The monoisotopic (exact) mass is 939 g/mol. The van der Waals surface area contributed by atoms with Gasteiger partial charge >= 0.3 is 377 Å². The Bertz CT molecular complexity index is 2730. The molecule has 6 aliphatic rings. The molecule has 0 radical (unpaired) electrons. The van der Waals surface area contributed by atoms with Crippen LogP contribution in [0.3, 0.4) is 0 Å². The third kappa shape index (κ3) is 5.74. The van der Waals surface area contributed by atoms with Crippen molar-refractivity contribution in [2.24, 2.45) is 43.8 Å². The SMILES string of the molecule is CC1=C(C2=CC=CC2)C(=Cc2ccc(-c3ccccc3)cc2)C(=Cc2ccc(-c3ccccc3)cc2)C2[CH]([Zr+2])C3(C)C4(C)C=CC=CC4(C)C4(C)C=CC=CC4(C)C3(C)C12C.[Cl-].[Cl-]. The number of fused-ring (bicyclic) bond motifs is 8. The van der Waals surface area contributed by atoms with Crippen LogP contribution in [0.1, 0.15) is 72.9 Å². The molecule has 3 heteroatoms. The third-order valence-electron chi connectivity index (χ3n) is 18.8. The zero-order valence-corrected chi connectivity index (χ0v) is 42.0. The molecule has 0 bridgehead atoms. The molecular weight excluding hydrogens is 883 g/mol. The summed E-state index contributed by atoms with van der Waals surface area (Å²) in [6.07, 6.45) is 33.2. The molecule has 0 aliphatic heterocycles. The number of hydrogen-bond acceptors (Lipinski definition) is 0. The first-order chi connectivity index (χ1) is 29.2. The van der Waals surface area contributed by atoms with E-state index >= 15 is 0 Å². The Morgan fingerprint density at radius 3 is 1.46 bits per heavy atom. The zero-order valence-electron chi connectivity index (χ0n) is 38.0. The fourth-order valence-electron chi connectivity index (χ4n) is 14.7. The third-order valence-corrected chi connectivity index (χ3v) is 21.0. The van der Waals surface area contributed by atoms with Crippen molar-refractivity contribution in [1.82, 2.24) is 0 Å². The number of halogens is 2. The molecule has 2 fully saturated rings. The molecule has 63 heavy (non-hydrogen) atoms. The number of rotatable bonds is 5. The van der Waals surface area contributed by atoms with Crippen LogP contribution in [0.2, 0.25) is 3.63 Å². The molecule has 2 saturated carbocycles. The molecule has 317 valence electrons. The van der Waals surface area contributed by atoms with Crippen LogP contribution in [0.4, 0.5) is 0 Å². The molecule has 0 heterocycles. The van der Waals surface area contributed by atoms with Crippen LogP contribution in [0.25, 0.3) is 34.4 Å². The Morgan fingerprint density at radius 1 is 0.524 bits per heavy atom. The molecule has 0 aromatic heterocycles. The Kier molecular flexibility index (Phi) is 11.5. The minimum absolute atomic E-state index is 0. The van der Waals surface area contributed by atoms with E-state index in [1.807, 2.05) is 0 Å². The van der Waals surface area contributed by atoms with Crippen molar-refractivity contribution in [3.8, 4) is 22.3 Å². The maximum absolute atomic E-state index is 2.76. The molecule has 9 unspecified atom stereocenters. The van der Waals surface area contributed by atoms with Gasteiger partial charge in [-0.05, 0) is 0 Å². The summed E-state index contributed by atoms with van der Waals surface area (Å²) in [6, 6.07) is 40.2. The Morgan fingerprint density at radius 2 is 0.968 bits per heavy atom. The van der Waals surface area contributed by atoms with Gasteiger partial charge in [-0.25, -0.2) is 0 Å². The zero-order chi connectivity index (χ0) is 42.6. The minimum atomic E-state index is -0.191. The summed E-state index contributed by atoms with van der Waals surface area (Å²) in [5.74, 6) is 0.280. The van der Waals surface area contributed by atoms with Gasteiger partial charge in [0.1, 0.15) is 0 Å². The van der Waals surface area contributed by atoms with Gasteiger partial charge < -0.3 is 24.8 Å². The van der Waals surface area contributed by atoms with Gasteiger partial charge in [-0.3, -0.25) is 0 Å². The van der Waals surface area contributed by atoms with Crippen molar-refractivity contribution in [1.29, 1.82) is 0 Å². The summed E-state index contributed by atoms with van der Waals surface area (Å²) in [7, 11) is 0. The maximum Gasteiger partial charge on any atom is -1.00 e. The van der Waals surface area contributed by atoms with E-state index in [2.05, 4.69) is 244 Å². The second-order valence-electron chi connectivity index (χ2n) is 20.2. The van der Waals surface area contributed by atoms with Crippen molar-refractivity contribution < 1.29 is 49.5 Å². The summed E-state index contributed by atoms with van der Waals surface area (Å²) >= 11 is 1.62. The van der Waals surface area contributed by atoms with Crippen molar-refractivity contribution in [2.45, 2.75) is 65.4 Å². The smallest absolute Gasteiger partial charge is 1.00 e. The first-order valence-electron chi connectivity index (χ1n) is 22.5. The Balaban J connectivity index is 0.00000272. The Labute approximate surface area is 405 Å². The van der Waals surface area contributed by atoms with E-state index in [0.717, 1.165) is 6.42 Å². The van der Waals surface area contributed by atoms with E-state index < -0.39 is 0 Å². The standard InChI is InChI=1S/C60H59.2ClH.Zr/c1-42-53(49-25-15-16-26-49)51(40-44-29-33-48(34-30-44)46-23-13-10-14-24-46)50(39-43-27-31-47(32-28-43)45-21-11-9-12-22-45)52-41-58(6)56(4)37-18-17-35-54(56,2)55(3)36-19-20-38-57(55,5)60(58,8)59(42,52)7;;;/h9-25,27-41,52H,26H2,1-8H3;2*1H;/q;;;+2/p-2. The average molecular weight is 942 g/mol. The first-order valence-corrected chi connectivity index (χ1v) is 23.9. The molecule has 4 aromatic carbocycles. The topological polar surface area (TPSA) is 0 Å². The van der Waals surface area contributed by atoms with E-state index in [9.17, 15) is 0 Å². The van der Waals surface area contributed by atoms with E-state index in [-0.39, 0.29) is 68.6 Å². The summed E-state index contributed by atoms with van der Waals surface area (Å²) in [5.41, 5.74) is 13.9. The molecule has 0 N–H and O–H groups in total. The fourth-order valence-corrected chi connectivity index (χ4v) is 17.4. The normalized spacial score (nSPS) is 36.9. The number of benzene rings is 4. The molecule has 0 nitrogen and oxygen atoms in total. The van der Waals surface area contributed by atoms with Crippen molar-refractivity contribution in [2.75, 3.05) is 0 Å². The summed E-state index contributed by atoms with van der Waals surface area (Å²) < 4.78 is 0.418. The molecule has 9 atom stereocenters. The van der Waals surface area contributed by atoms with E-state index in [1.165, 1.54) is 55.7 Å². The van der Waals surface area contributed by atoms with Gasteiger partial charge in [0.05, 0.1) is 0 Å². The van der Waals surface area contributed by atoms with Crippen molar-refractivity contribution >= 4 is 12.2 Å². The van der Waals surface area contributed by atoms with Crippen molar-refractivity contribution in [3.63, 3.8) is 0 Å². The minimum Gasteiger partial charge on any atom is -1.00 e.